The Morgan fingerprint density at radius 2 is 1.40 bits per heavy atom. The molecule has 3 aliphatic rings. The number of hydrogen-bond acceptors (Lipinski definition) is 12. The Bertz CT molecular complexity index is 2460. The maximum absolute atomic E-state index is 12.0. The quantitative estimate of drug-likeness (QED) is 0.0694. The van der Waals surface area contributed by atoms with Crippen molar-refractivity contribution in [1.82, 2.24) is 0 Å². The van der Waals surface area contributed by atoms with Crippen molar-refractivity contribution in [2.75, 3.05) is 23.7 Å². The van der Waals surface area contributed by atoms with Crippen molar-refractivity contribution in [1.29, 1.82) is 0 Å². The van der Waals surface area contributed by atoms with Crippen molar-refractivity contribution in [2.45, 2.75) is 106 Å². The van der Waals surface area contributed by atoms with Crippen LogP contribution in [-0.2, 0) is 46.0 Å². The minimum atomic E-state index is -4.73. The van der Waals surface area contributed by atoms with Crippen molar-refractivity contribution >= 4 is 69.3 Å². The van der Waals surface area contributed by atoms with E-state index in [1.807, 2.05) is 56.9 Å². The van der Waals surface area contributed by atoms with Gasteiger partial charge in [0.05, 0.1) is 25.3 Å². The van der Waals surface area contributed by atoms with Crippen LogP contribution < -0.4 is 98.7 Å². The smallest absolute Gasteiger partial charge is 0.748 e. The molecule has 60 heavy (non-hydrogen) atoms. The van der Waals surface area contributed by atoms with Gasteiger partial charge in [-0.15, -0.1) is 0 Å². The third-order valence-corrected chi connectivity index (χ3v) is 14.4. The molecule has 5 rings (SSSR count). The number of aliphatic carboxylic acids is 1. The molecule has 2 aromatic carbocycles. The van der Waals surface area contributed by atoms with E-state index in [9.17, 15) is 48.8 Å². The second kappa shape index (κ2) is 22.2. The Hall–Kier alpha value is -0.450. The Labute approximate surface area is 429 Å². The molecule has 13 nitrogen and oxygen atoms in total. The SMILES string of the molecule is CC1(C)C(/C=C/C2=C(Br)C(=C/C=C3/N(CCCCS(=O)(=O)[O-])c4ccc(S(=O)(=O)[O-])cc4C3(C)C)/CCC2)=[N+](CCCCCC(=O)[O-])c2ccc(S(=O)(=O)[O-])cc21.[Na+].[Na+].[Na+]. The average Bonchev–Trinajstić information content (AvgIpc) is 3.45. The van der Waals surface area contributed by atoms with E-state index in [1.54, 1.807) is 12.1 Å². The van der Waals surface area contributed by atoms with Crippen molar-refractivity contribution in [3.05, 3.63) is 93.2 Å². The van der Waals surface area contributed by atoms with Gasteiger partial charge in [-0.3, -0.25) is 0 Å². The summed E-state index contributed by atoms with van der Waals surface area (Å²) in [6, 6.07) is 8.62. The molecule has 2 aliphatic heterocycles. The van der Waals surface area contributed by atoms with Crippen LogP contribution in [0.1, 0.15) is 96.6 Å². The maximum atomic E-state index is 12.0. The monoisotopic (exact) mass is 974 g/mol. The zero-order chi connectivity index (χ0) is 42.1. The number of anilines is 1. The van der Waals surface area contributed by atoms with Gasteiger partial charge in [0, 0.05) is 63.7 Å². The molecule has 1 aliphatic carbocycles. The predicted molar refractivity (Wildman–Crippen MR) is 214 cm³/mol. The molecule has 0 radical (unpaired) electrons. The van der Waals surface area contributed by atoms with E-state index in [-0.39, 0.29) is 111 Å². The predicted octanol–water partition coefficient (Wildman–Crippen LogP) is -3.48. The first-order valence-corrected chi connectivity index (χ1v) is 23.9. The van der Waals surface area contributed by atoms with Crippen LogP contribution in [-0.4, -0.2) is 74.0 Å². The first-order valence-electron chi connectivity index (χ1n) is 18.7. The summed E-state index contributed by atoms with van der Waals surface area (Å²) >= 11 is 3.84. The number of carboxylic acid groups (broad SMARTS) is 1. The zero-order valence-electron chi connectivity index (χ0n) is 35.2. The van der Waals surface area contributed by atoms with Crippen LogP contribution in [0.4, 0.5) is 11.4 Å². The molecule has 0 saturated heterocycles. The van der Waals surface area contributed by atoms with Gasteiger partial charge in [-0.25, -0.2) is 25.3 Å². The number of hydrogen-bond donors (Lipinski definition) is 0. The second-order valence-electron chi connectivity index (χ2n) is 15.6. The molecule has 0 bridgehead atoms. The fourth-order valence-electron chi connectivity index (χ4n) is 7.93. The van der Waals surface area contributed by atoms with Crippen LogP contribution in [0.3, 0.4) is 0 Å². The molecular weight excluding hydrogens is 930 g/mol. The summed E-state index contributed by atoms with van der Waals surface area (Å²) in [6.45, 7) is 8.65. The molecule has 0 amide bonds. The number of carbonyl (C=O) groups excluding carboxylic acids is 1. The number of halogens is 1. The fraction of sp³-hybridized carbons (Fsp3) is 0.450. The number of fused-ring (bicyclic) bond motifs is 2. The van der Waals surface area contributed by atoms with E-state index in [0.717, 1.165) is 52.0 Å². The van der Waals surface area contributed by atoms with E-state index in [1.165, 1.54) is 24.3 Å². The molecule has 0 fully saturated rings. The molecule has 0 spiro atoms. The van der Waals surface area contributed by atoms with E-state index >= 15 is 0 Å². The Balaban J connectivity index is 0.00000413. The third kappa shape index (κ3) is 13.3. The molecule has 2 aromatic rings. The van der Waals surface area contributed by atoms with Crippen LogP contribution in [0.2, 0.25) is 0 Å². The van der Waals surface area contributed by atoms with Crippen LogP contribution in [0.25, 0.3) is 0 Å². The number of nitrogens with zero attached hydrogens (tertiary/aromatic N) is 2. The van der Waals surface area contributed by atoms with Gasteiger partial charge in [-0.2, -0.15) is 4.58 Å². The number of carboxylic acids is 1. The van der Waals surface area contributed by atoms with Gasteiger partial charge >= 0.3 is 88.7 Å². The molecule has 0 aromatic heterocycles. The van der Waals surface area contributed by atoms with Gasteiger partial charge in [0.1, 0.15) is 26.8 Å². The Morgan fingerprint density at radius 3 is 2.00 bits per heavy atom. The summed E-state index contributed by atoms with van der Waals surface area (Å²) in [5, 5.41) is 11.0. The van der Waals surface area contributed by atoms with Crippen molar-refractivity contribution < 1.29 is 142 Å². The summed E-state index contributed by atoms with van der Waals surface area (Å²) in [4.78, 5) is 12.3. The third-order valence-electron chi connectivity index (χ3n) is 10.9. The van der Waals surface area contributed by atoms with E-state index in [2.05, 4.69) is 20.5 Å². The Morgan fingerprint density at radius 1 is 0.783 bits per heavy atom. The number of rotatable bonds is 16. The standard InChI is InChI=1S/C40H49BrN2O11S3.3Na/c1-39(2)31-25-29(56(49,50)51)16-18-33(31)42(22-7-5-6-13-37(44)45)35(39)20-14-27-11-10-12-28(38(27)41)15-21-36-40(3,4)32-26-30(57(52,53)54)17-19-34(32)43(36)23-8-9-24-55(46,47)48;;;/h14-21,25-26H,5-13,22-24H2,1-4H3,(H3-,44,45,46,47,48,49,50,51,52,53,54);;;/q;3*+1/p-3. The summed E-state index contributed by atoms with van der Waals surface area (Å²) in [6.07, 6.45) is 12.6. The summed E-state index contributed by atoms with van der Waals surface area (Å²) < 4.78 is 109. The Kier molecular flexibility index (Phi) is 20.6. The number of benzene rings is 2. The minimum Gasteiger partial charge on any atom is -0.748 e. The van der Waals surface area contributed by atoms with Gasteiger partial charge in [-0.1, -0.05) is 41.9 Å². The van der Waals surface area contributed by atoms with Crippen molar-refractivity contribution in [2.24, 2.45) is 0 Å². The minimum absolute atomic E-state index is 0. The number of unbranched alkanes of at least 4 members (excludes halogenated alkanes) is 3. The largest absolute Gasteiger partial charge is 1.00 e. The van der Waals surface area contributed by atoms with Crippen LogP contribution in [0.5, 0.6) is 0 Å². The molecule has 0 N–H and O–H groups in total. The average molecular weight is 976 g/mol. The van der Waals surface area contributed by atoms with Gasteiger partial charge < -0.3 is 28.5 Å². The zero-order valence-corrected chi connectivity index (χ0v) is 45.3. The van der Waals surface area contributed by atoms with Crippen LogP contribution >= 0.6 is 15.9 Å². The molecule has 2 heterocycles. The summed E-state index contributed by atoms with van der Waals surface area (Å²) in [5.74, 6) is -1.61. The van der Waals surface area contributed by atoms with Crippen molar-refractivity contribution in [3.63, 3.8) is 0 Å². The molecule has 310 valence electrons. The maximum Gasteiger partial charge on any atom is 1.00 e. The number of allylic oxidation sites excluding steroid dienone is 8. The molecule has 0 unspecified atom stereocenters. The second-order valence-corrected chi connectivity index (χ2v) is 20.7. The summed E-state index contributed by atoms with van der Waals surface area (Å²) in [5.41, 5.74) is 5.04. The normalized spacial score (nSPS) is 18.6. The topological polar surface area (TPSA) is 218 Å². The molecule has 0 saturated carbocycles. The molecule has 20 heteroatoms. The van der Waals surface area contributed by atoms with Gasteiger partial charge in [0.25, 0.3) is 0 Å². The first-order chi connectivity index (χ1) is 26.4. The van der Waals surface area contributed by atoms with Gasteiger partial charge in [-0.05, 0) is 118 Å². The fourth-order valence-corrected chi connectivity index (χ4v) is 10.1. The molecular formula is C40H46BrN2Na3O11S3. The number of carbonyl (C=O) groups is 1. The van der Waals surface area contributed by atoms with Crippen LogP contribution in [0, 0.1) is 0 Å². The van der Waals surface area contributed by atoms with Crippen LogP contribution in [0.15, 0.2) is 91.8 Å². The first kappa shape index (κ1) is 55.7. The van der Waals surface area contributed by atoms with Gasteiger partial charge in [0.2, 0.25) is 5.69 Å². The van der Waals surface area contributed by atoms with E-state index in [4.69, 9.17) is 0 Å². The van der Waals surface area contributed by atoms with Crippen molar-refractivity contribution in [3.8, 4) is 0 Å². The van der Waals surface area contributed by atoms with E-state index < -0.39 is 52.9 Å². The molecule has 0 atom stereocenters. The summed E-state index contributed by atoms with van der Waals surface area (Å²) in [7, 11) is -13.8. The van der Waals surface area contributed by atoms with Gasteiger partial charge in [0.15, 0.2) is 5.71 Å². The van der Waals surface area contributed by atoms with E-state index in [0.29, 0.717) is 55.6 Å².